The molecule has 0 heterocycles. The molecule has 2 N–H and O–H groups in total. The average molecular weight is 248 g/mol. The predicted octanol–water partition coefficient (Wildman–Crippen LogP) is 3.02. The molecule has 0 aliphatic heterocycles. The molecule has 1 aromatic rings. The zero-order chi connectivity index (χ0) is 13.2. The van der Waals surface area contributed by atoms with Crippen molar-refractivity contribution in [3.8, 4) is 0 Å². The average Bonchev–Trinajstić information content (AvgIpc) is 2.43. The summed E-state index contributed by atoms with van der Waals surface area (Å²) in [6, 6.07) is 10.9. The lowest BCUT2D eigenvalue weighted by molar-refractivity contribution is 0.420. The van der Waals surface area contributed by atoms with Gasteiger partial charge in [-0.15, -0.1) is 0 Å². The summed E-state index contributed by atoms with van der Waals surface area (Å²) in [4.78, 5) is 0. The number of rotatable bonds is 9. The lowest BCUT2D eigenvalue weighted by Crippen LogP contribution is -2.31. The summed E-state index contributed by atoms with van der Waals surface area (Å²) in [6.07, 6.45) is 1.23. The highest BCUT2D eigenvalue weighted by atomic mass is 14.9. The van der Waals surface area contributed by atoms with Crippen molar-refractivity contribution in [3.63, 3.8) is 0 Å². The van der Waals surface area contributed by atoms with Gasteiger partial charge in [-0.1, -0.05) is 57.5 Å². The van der Waals surface area contributed by atoms with Crippen LogP contribution in [-0.2, 0) is 0 Å². The van der Waals surface area contributed by atoms with Crippen LogP contribution in [-0.4, -0.2) is 26.2 Å². The quantitative estimate of drug-likeness (QED) is 0.656. The molecule has 2 nitrogen and oxygen atoms in total. The van der Waals surface area contributed by atoms with Crippen LogP contribution in [0.1, 0.15) is 38.7 Å². The largest absolute Gasteiger partial charge is 0.316 e. The molecule has 2 unspecified atom stereocenters. The van der Waals surface area contributed by atoms with Gasteiger partial charge in [-0.3, -0.25) is 0 Å². The summed E-state index contributed by atoms with van der Waals surface area (Å²) in [5.74, 6) is 1.34. The van der Waals surface area contributed by atoms with Crippen LogP contribution in [0.25, 0.3) is 0 Å². The minimum absolute atomic E-state index is 0.623. The maximum atomic E-state index is 3.57. The summed E-state index contributed by atoms with van der Waals surface area (Å²) in [5.41, 5.74) is 1.46. The smallest absolute Gasteiger partial charge is 0.00769 e. The molecule has 1 rings (SSSR count). The Labute approximate surface area is 112 Å². The molecular weight excluding hydrogens is 220 g/mol. The highest BCUT2D eigenvalue weighted by Crippen LogP contribution is 2.25. The lowest BCUT2D eigenvalue weighted by Gasteiger charge is -2.24. The van der Waals surface area contributed by atoms with E-state index in [1.807, 2.05) is 0 Å². The second-order valence-corrected chi connectivity index (χ2v) is 4.96. The molecular formula is C16H28N2. The lowest BCUT2D eigenvalue weighted by atomic mass is 9.85. The maximum absolute atomic E-state index is 3.57. The Bertz CT molecular complexity index is 297. The molecule has 2 atom stereocenters. The second kappa shape index (κ2) is 9.12. The third-order valence-electron chi connectivity index (χ3n) is 3.65. The Morgan fingerprint density at radius 2 is 1.67 bits per heavy atom. The summed E-state index contributed by atoms with van der Waals surface area (Å²) in [6.45, 7) is 11.0. The highest BCUT2D eigenvalue weighted by molar-refractivity contribution is 5.20. The van der Waals surface area contributed by atoms with Crippen LogP contribution in [0.3, 0.4) is 0 Å². The molecule has 0 aromatic heterocycles. The van der Waals surface area contributed by atoms with Crippen LogP contribution in [0.4, 0.5) is 0 Å². The minimum Gasteiger partial charge on any atom is -0.316 e. The molecule has 0 spiro atoms. The summed E-state index contributed by atoms with van der Waals surface area (Å²) in [5, 5.41) is 6.91. The van der Waals surface area contributed by atoms with Crippen molar-refractivity contribution in [1.82, 2.24) is 10.6 Å². The zero-order valence-electron chi connectivity index (χ0n) is 12.1. The monoisotopic (exact) mass is 248 g/mol. The van der Waals surface area contributed by atoms with Gasteiger partial charge >= 0.3 is 0 Å². The van der Waals surface area contributed by atoms with Gasteiger partial charge in [0.2, 0.25) is 0 Å². The zero-order valence-corrected chi connectivity index (χ0v) is 12.1. The van der Waals surface area contributed by atoms with Gasteiger partial charge < -0.3 is 10.6 Å². The molecule has 0 aliphatic carbocycles. The summed E-state index contributed by atoms with van der Waals surface area (Å²) >= 11 is 0. The normalized spacial score (nSPS) is 14.4. The van der Waals surface area contributed by atoms with E-state index in [1.54, 1.807) is 0 Å². The molecule has 102 valence electrons. The van der Waals surface area contributed by atoms with Crippen LogP contribution < -0.4 is 10.6 Å². The van der Waals surface area contributed by atoms with Gasteiger partial charge in [0.05, 0.1) is 0 Å². The fourth-order valence-electron chi connectivity index (χ4n) is 2.24. The number of likely N-dealkylation sites (N-methyl/N-ethyl adjacent to an activating group) is 1. The Hall–Kier alpha value is -0.860. The number of nitrogens with one attached hydrogen (secondary N) is 2. The van der Waals surface area contributed by atoms with Crippen molar-refractivity contribution < 1.29 is 0 Å². The third-order valence-corrected chi connectivity index (χ3v) is 3.65. The van der Waals surface area contributed by atoms with Gasteiger partial charge in [-0.2, -0.15) is 0 Å². The van der Waals surface area contributed by atoms with E-state index < -0.39 is 0 Å². The Morgan fingerprint density at radius 3 is 2.28 bits per heavy atom. The van der Waals surface area contributed by atoms with Crippen molar-refractivity contribution in [2.45, 2.75) is 33.1 Å². The fraction of sp³-hybridized carbons (Fsp3) is 0.625. The number of hydrogen-bond donors (Lipinski definition) is 2. The van der Waals surface area contributed by atoms with Crippen molar-refractivity contribution in [3.05, 3.63) is 35.9 Å². The van der Waals surface area contributed by atoms with Gasteiger partial charge in [-0.05, 0) is 23.9 Å². The van der Waals surface area contributed by atoms with Crippen LogP contribution in [0.5, 0.6) is 0 Å². The van der Waals surface area contributed by atoms with E-state index in [-0.39, 0.29) is 0 Å². The highest BCUT2D eigenvalue weighted by Gasteiger charge is 2.16. The number of hydrogen-bond acceptors (Lipinski definition) is 2. The molecule has 0 saturated carbocycles. The van der Waals surface area contributed by atoms with Crippen LogP contribution in [0, 0.1) is 5.92 Å². The van der Waals surface area contributed by atoms with Crippen molar-refractivity contribution in [1.29, 1.82) is 0 Å². The molecule has 0 aliphatic rings. The van der Waals surface area contributed by atoms with Crippen molar-refractivity contribution in [2.75, 3.05) is 26.2 Å². The van der Waals surface area contributed by atoms with E-state index in [9.17, 15) is 0 Å². The first-order valence-electron chi connectivity index (χ1n) is 7.25. The Kier molecular flexibility index (Phi) is 7.70. The molecule has 0 fully saturated rings. The molecule has 18 heavy (non-hydrogen) atoms. The van der Waals surface area contributed by atoms with E-state index in [2.05, 4.69) is 61.7 Å². The van der Waals surface area contributed by atoms with E-state index >= 15 is 0 Å². The number of benzene rings is 1. The summed E-state index contributed by atoms with van der Waals surface area (Å²) < 4.78 is 0. The van der Waals surface area contributed by atoms with Crippen LogP contribution in [0.15, 0.2) is 30.3 Å². The molecule has 0 bridgehead atoms. The first-order chi connectivity index (χ1) is 8.79. The predicted molar refractivity (Wildman–Crippen MR) is 80.1 cm³/mol. The molecule has 0 radical (unpaired) electrons. The van der Waals surface area contributed by atoms with Crippen LogP contribution in [0.2, 0.25) is 0 Å². The first-order valence-corrected chi connectivity index (χ1v) is 7.25. The Balaban J connectivity index is 2.47. The third kappa shape index (κ3) is 5.19. The van der Waals surface area contributed by atoms with Gasteiger partial charge in [0, 0.05) is 19.6 Å². The van der Waals surface area contributed by atoms with E-state index in [0.717, 1.165) is 32.1 Å². The van der Waals surface area contributed by atoms with Crippen molar-refractivity contribution in [2.24, 2.45) is 5.92 Å². The van der Waals surface area contributed by atoms with E-state index in [1.165, 1.54) is 12.0 Å². The first kappa shape index (κ1) is 15.2. The fourth-order valence-corrected chi connectivity index (χ4v) is 2.24. The van der Waals surface area contributed by atoms with Crippen LogP contribution >= 0.6 is 0 Å². The summed E-state index contributed by atoms with van der Waals surface area (Å²) in [7, 11) is 0. The maximum Gasteiger partial charge on any atom is 0.00769 e. The topological polar surface area (TPSA) is 24.1 Å². The molecule has 0 amide bonds. The molecule has 2 heteroatoms. The van der Waals surface area contributed by atoms with Crippen molar-refractivity contribution >= 4 is 0 Å². The molecule has 0 saturated heterocycles. The standard InChI is InChI=1S/C16H28N2/c1-4-14(3)16(13-18-12-11-17-5-2)15-9-7-6-8-10-15/h6-10,14,16-18H,4-5,11-13H2,1-3H3. The van der Waals surface area contributed by atoms with Gasteiger partial charge in [0.15, 0.2) is 0 Å². The molecule has 1 aromatic carbocycles. The second-order valence-electron chi connectivity index (χ2n) is 4.96. The SMILES string of the molecule is CCNCCNCC(c1ccccc1)C(C)CC. The van der Waals surface area contributed by atoms with Gasteiger partial charge in [0.1, 0.15) is 0 Å². The Morgan fingerprint density at radius 1 is 1.00 bits per heavy atom. The van der Waals surface area contributed by atoms with E-state index in [0.29, 0.717) is 5.92 Å². The minimum atomic E-state index is 0.623. The van der Waals surface area contributed by atoms with E-state index in [4.69, 9.17) is 0 Å². The van der Waals surface area contributed by atoms with Gasteiger partial charge in [-0.25, -0.2) is 0 Å². The van der Waals surface area contributed by atoms with Gasteiger partial charge in [0.25, 0.3) is 0 Å².